The minimum Gasteiger partial charge on any atom is -0.449 e. The number of carbonyl (C=O) groups excluding carboxylic acids is 1. The lowest BCUT2D eigenvalue weighted by Crippen LogP contribution is -2.26. The van der Waals surface area contributed by atoms with Gasteiger partial charge in [-0.15, -0.1) is 0 Å². The maximum atomic E-state index is 12.2. The Morgan fingerprint density at radius 1 is 0.906 bits per heavy atom. The zero-order valence-corrected chi connectivity index (χ0v) is 17.5. The largest absolute Gasteiger partial charge is 0.449 e. The molecule has 0 saturated heterocycles. The van der Waals surface area contributed by atoms with Gasteiger partial charge in [-0.1, -0.05) is 72.5 Å². The van der Waals surface area contributed by atoms with Gasteiger partial charge in [-0.3, -0.25) is 4.98 Å². The van der Waals surface area contributed by atoms with Crippen molar-refractivity contribution < 1.29 is 9.53 Å². The predicted molar refractivity (Wildman–Crippen MR) is 126 cm³/mol. The minimum absolute atomic E-state index is 0.0629. The quantitative estimate of drug-likeness (QED) is 0.351. The maximum Gasteiger partial charge on any atom is 0.407 e. The number of amides is 1. The van der Waals surface area contributed by atoms with Gasteiger partial charge in [0.15, 0.2) is 0 Å². The highest BCUT2D eigenvalue weighted by Crippen LogP contribution is 2.44. The fourth-order valence-corrected chi connectivity index (χ4v) is 4.25. The number of fused-ring (bicyclic) bond motifs is 4. The Morgan fingerprint density at radius 2 is 1.66 bits per heavy atom. The van der Waals surface area contributed by atoms with E-state index in [1.807, 2.05) is 54.6 Å². The van der Waals surface area contributed by atoms with Gasteiger partial charge < -0.3 is 10.1 Å². The van der Waals surface area contributed by atoms with E-state index in [0.717, 1.165) is 16.5 Å². The Morgan fingerprint density at radius 3 is 2.44 bits per heavy atom. The van der Waals surface area contributed by atoms with E-state index in [-0.39, 0.29) is 5.92 Å². The fourth-order valence-electron chi connectivity index (χ4n) is 4.25. The molecule has 0 radical (unpaired) electrons. The van der Waals surface area contributed by atoms with Gasteiger partial charge in [-0.2, -0.15) is 0 Å². The number of hydrogen-bond acceptors (Lipinski definition) is 3. The molecule has 5 rings (SSSR count). The van der Waals surface area contributed by atoms with E-state index in [0.29, 0.717) is 19.6 Å². The van der Waals surface area contributed by atoms with Crippen LogP contribution in [0, 0.1) is 11.8 Å². The molecule has 0 unspecified atom stereocenters. The number of hydrogen-bond donors (Lipinski definition) is 1. The molecule has 4 heteroatoms. The molecule has 1 aliphatic rings. The van der Waals surface area contributed by atoms with Crippen molar-refractivity contribution in [2.24, 2.45) is 0 Å². The van der Waals surface area contributed by atoms with E-state index in [2.05, 4.69) is 46.4 Å². The third-order valence-electron chi connectivity index (χ3n) is 5.73. The highest BCUT2D eigenvalue weighted by molar-refractivity contribution is 5.84. The molecular formula is C28H22N2O2. The molecule has 0 bridgehead atoms. The Bertz CT molecular complexity index is 1300. The maximum absolute atomic E-state index is 12.2. The van der Waals surface area contributed by atoms with Crippen molar-refractivity contribution in [3.8, 4) is 23.0 Å². The van der Waals surface area contributed by atoms with Crippen LogP contribution in [0.5, 0.6) is 0 Å². The van der Waals surface area contributed by atoms with Crippen LogP contribution in [0.25, 0.3) is 22.0 Å². The van der Waals surface area contributed by atoms with Crippen molar-refractivity contribution in [3.05, 3.63) is 102 Å². The smallest absolute Gasteiger partial charge is 0.407 e. The normalized spacial score (nSPS) is 11.9. The number of pyridine rings is 1. The monoisotopic (exact) mass is 418 g/mol. The second-order valence-electron chi connectivity index (χ2n) is 7.68. The summed E-state index contributed by atoms with van der Waals surface area (Å²) in [6.07, 6.45) is 1.90. The molecular weight excluding hydrogens is 396 g/mol. The summed E-state index contributed by atoms with van der Waals surface area (Å²) in [5, 5.41) is 3.84. The molecule has 0 aliphatic heterocycles. The molecule has 1 heterocycles. The second kappa shape index (κ2) is 8.95. The van der Waals surface area contributed by atoms with Crippen LogP contribution >= 0.6 is 0 Å². The number of aromatic nitrogens is 1. The Labute approximate surface area is 187 Å². The van der Waals surface area contributed by atoms with Gasteiger partial charge in [0.05, 0.1) is 5.52 Å². The SMILES string of the molecule is O=C(NCCC#Cc1cccc2ncccc12)OCC1c2ccccc2-c2ccccc21. The van der Waals surface area contributed by atoms with Crippen LogP contribution in [-0.4, -0.2) is 24.2 Å². The Hall–Kier alpha value is -4.10. The summed E-state index contributed by atoms with van der Waals surface area (Å²) >= 11 is 0. The summed E-state index contributed by atoms with van der Waals surface area (Å²) in [6.45, 7) is 0.751. The third kappa shape index (κ3) is 3.93. The van der Waals surface area contributed by atoms with Crippen LogP contribution in [0.2, 0.25) is 0 Å². The first-order valence-corrected chi connectivity index (χ1v) is 10.7. The van der Waals surface area contributed by atoms with E-state index < -0.39 is 6.09 Å². The molecule has 1 aliphatic carbocycles. The molecule has 4 nitrogen and oxygen atoms in total. The van der Waals surface area contributed by atoms with E-state index in [4.69, 9.17) is 4.74 Å². The standard InChI is InChI=1S/C28H22N2O2/c31-28(30-17-6-5-9-20-10-7-16-27-21(20)15-8-18-29-27)32-19-26-24-13-3-1-11-22(24)23-12-2-4-14-25(23)26/h1-4,7-8,10-16,18,26H,6,17,19H2,(H,30,31). The van der Waals surface area contributed by atoms with Crippen LogP contribution in [0.1, 0.15) is 29.0 Å². The molecule has 0 fully saturated rings. The lowest BCUT2D eigenvalue weighted by atomic mass is 9.98. The molecule has 156 valence electrons. The molecule has 0 atom stereocenters. The van der Waals surface area contributed by atoms with Crippen molar-refractivity contribution >= 4 is 17.0 Å². The van der Waals surface area contributed by atoms with Gasteiger partial charge in [-0.25, -0.2) is 4.79 Å². The lowest BCUT2D eigenvalue weighted by molar-refractivity contribution is 0.143. The average Bonchev–Trinajstić information content (AvgIpc) is 3.16. The number of ether oxygens (including phenoxy) is 1. The first-order valence-electron chi connectivity index (χ1n) is 10.7. The molecule has 3 aromatic carbocycles. The summed E-state index contributed by atoms with van der Waals surface area (Å²) in [6, 6.07) is 26.4. The number of nitrogens with zero attached hydrogens (tertiary/aromatic N) is 1. The van der Waals surface area contributed by atoms with Crippen LogP contribution in [0.4, 0.5) is 4.79 Å². The van der Waals surface area contributed by atoms with Gasteiger partial charge in [0.25, 0.3) is 0 Å². The van der Waals surface area contributed by atoms with E-state index in [1.165, 1.54) is 22.3 Å². The first-order chi connectivity index (χ1) is 15.8. The number of rotatable bonds is 4. The molecule has 1 aromatic heterocycles. The number of alkyl carbamates (subject to hydrolysis) is 1. The second-order valence-corrected chi connectivity index (χ2v) is 7.68. The van der Waals surface area contributed by atoms with Crippen LogP contribution < -0.4 is 5.32 Å². The molecule has 0 spiro atoms. The molecule has 4 aromatic rings. The highest BCUT2D eigenvalue weighted by Gasteiger charge is 2.28. The zero-order valence-electron chi connectivity index (χ0n) is 17.5. The Kier molecular flexibility index (Phi) is 5.55. The molecule has 1 N–H and O–H groups in total. The summed E-state index contributed by atoms with van der Waals surface area (Å²) in [7, 11) is 0. The lowest BCUT2D eigenvalue weighted by Gasteiger charge is -2.14. The molecule has 32 heavy (non-hydrogen) atoms. The van der Waals surface area contributed by atoms with Gasteiger partial charge in [0, 0.05) is 36.0 Å². The zero-order chi connectivity index (χ0) is 21.8. The number of benzene rings is 3. The van der Waals surface area contributed by atoms with Gasteiger partial charge in [-0.05, 0) is 40.5 Å². The average molecular weight is 418 g/mol. The first kappa shape index (κ1) is 19.8. The van der Waals surface area contributed by atoms with E-state index in [9.17, 15) is 4.79 Å². The number of carbonyl (C=O) groups is 1. The predicted octanol–water partition coefficient (Wildman–Crippen LogP) is 5.52. The van der Waals surface area contributed by atoms with Crippen molar-refractivity contribution in [1.82, 2.24) is 10.3 Å². The van der Waals surface area contributed by atoms with Crippen molar-refractivity contribution in [1.29, 1.82) is 0 Å². The summed E-state index contributed by atoms with van der Waals surface area (Å²) < 4.78 is 5.56. The topological polar surface area (TPSA) is 51.2 Å². The van der Waals surface area contributed by atoms with Gasteiger partial charge >= 0.3 is 6.09 Å². The minimum atomic E-state index is -0.414. The summed E-state index contributed by atoms with van der Waals surface area (Å²) in [5.74, 6) is 6.37. The Balaban J connectivity index is 1.16. The number of nitrogens with one attached hydrogen (secondary N) is 1. The van der Waals surface area contributed by atoms with Crippen LogP contribution in [0.15, 0.2) is 85.1 Å². The van der Waals surface area contributed by atoms with E-state index in [1.54, 1.807) is 6.20 Å². The van der Waals surface area contributed by atoms with Crippen molar-refractivity contribution in [2.75, 3.05) is 13.2 Å². The summed E-state index contributed by atoms with van der Waals surface area (Å²) in [4.78, 5) is 16.6. The van der Waals surface area contributed by atoms with Gasteiger partial charge in [0.1, 0.15) is 6.61 Å². The van der Waals surface area contributed by atoms with Crippen molar-refractivity contribution in [2.45, 2.75) is 12.3 Å². The fraction of sp³-hybridized carbons (Fsp3) is 0.143. The third-order valence-corrected chi connectivity index (χ3v) is 5.73. The highest BCUT2D eigenvalue weighted by atomic mass is 16.5. The van der Waals surface area contributed by atoms with Crippen LogP contribution in [-0.2, 0) is 4.74 Å². The van der Waals surface area contributed by atoms with Crippen LogP contribution in [0.3, 0.4) is 0 Å². The van der Waals surface area contributed by atoms with Crippen molar-refractivity contribution in [3.63, 3.8) is 0 Å². The molecule has 0 saturated carbocycles. The summed E-state index contributed by atoms with van der Waals surface area (Å²) in [5.41, 5.74) is 6.72. The molecule has 1 amide bonds. The van der Waals surface area contributed by atoms with Gasteiger partial charge in [0.2, 0.25) is 0 Å². The van der Waals surface area contributed by atoms with E-state index >= 15 is 0 Å².